The summed E-state index contributed by atoms with van der Waals surface area (Å²) in [6.07, 6.45) is 13.0. The van der Waals surface area contributed by atoms with Crippen molar-refractivity contribution in [3.63, 3.8) is 0 Å². The van der Waals surface area contributed by atoms with Gasteiger partial charge in [0.1, 0.15) is 5.75 Å². The van der Waals surface area contributed by atoms with Crippen LogP contribution in [0.3, 0.4) is 0 Å². The summed E-state index contributed by atoms with van der Waals surface area (Å²) in [5, 5.41) is 8.68. The van der Waals surface area contributed by atoms with Crippen LogP contribution in [-0.4, -0.2) is 12.8 Å². The van der Waals surface area contributed by atoms with Crippen LogP contribution >= 0.6 is 0 Å². The highest BCUT2D eigenvalue weighted by Gasteiger charge is 1.97. The van der Waals surface area contributed by atoms with Crippen molar-refractivity contribution in [1.29, 1.82) is 0 Å². The number of hydrogen-bond acceptors (Lipinski definition) is 4. The molecule has 3 aromatic rings. The Bertz CT molecular complexity index is 1020. The van der Waals surface area contributed by atoms with Crippen molar-refractivity contribution < 1.29 is 4.74 Å². The van der Waals surface area contributed by atoms with Gasteiger partial charge in [-0.3, -0.25) is 4.99 Å². The number of hydrogen-bond donors (Lipinski definition) is 0. The Morgan fingerprint density at radius 2 is 1.17 bits per heavy atom. The molecule has 0 aliphatic carbocycles. The third-order valence-corrected chi connectivity index (χ3v) is 5.90. The summed E-state index contributed by atoms with van der Waals surface area (Å²) < 4.78 is 5.78. The van der Waals surface area contributed by atoms with E-state index in [1.807, 2.05) is 54.7 Å². The van der Waals surface area contributed by atoms with Crippen molar-refractivity contribution in [1.82, 2.24) is 0 Å². The van der Waals surface area contributed by atoms with Crippen molar-refractivity contribution in [2.45, 2.75) is 71.6 Å². The molecule has 3 aromatic carbocycles. The Morgan fingerprint density at radius 3 is 1.80 bits per heavy atom. The van der Waals surface area contributed by atoms with Gasteiger partial charge in [0.15, 0.2) is 0 Å². The molecule has 4 nitrogen and oxygen atoms in total. The van der Waals surface area contributed by atoms with E-state index >= 15 is 0 Å². The number of ether oxygens (including phenoxy) is 1. The monoisotopic (exact) mass is 469 g/mol. The average molecular weight is 470 g/mol. The molecule has 0 saturated heterocycles. The average Bonchev–Trinajstić information content (AvgIpc) is 2.90. The van der Waals surface area contributed by atoms with Gasteiger partial charge in [0.25, 0.3) is 0 Å². The first-order valence-electron chi connectivity index (χ1n) is 13.1. The van der Waals surface area contributed by atoms with Crippen molar-refractivity contribution in [2.24, 2.45) is 15.2 Å². The van der Waals surface area contributed by atoms with Crippen LogP contribution in [0.2, 0.25) is 0 Å². The van der Waals surface area contributed by atoms with Gasteiger partial charge in [-0.15, -0.1) is 0 Å². The number of unbranched alkanes of at least 4 members (excludes halogenated alkanes) is 6. The molecule has 0 unspecified atom stereocenters. The van der Waals surface area contributed by atoms with E-state index in [1.54, 1.807) is 0 Å². The van der Waals surface area contributed by atoms with Crippen LogP contribution in [-0.2, 0) is 6.42 Å². The number of aliphatic imine (C=N–C) groups is 1. The molecule has 35 heavy (non-hydrogen) atoms. The first-order chi connectivity index (χ1) is 17.3. The minimum Gasteiger partial charge on any atom is -0.494 e. The number of nitrogens with zero attached hydrogens (tertiary/aromatic N) is 3. The van der Waals surface area contributed by atoms with Gasteiger partial charge in [-0.1, -0.05) is 76.6 Å². The Labute approximate surface area is 211 Å². The number of aryl methyl sites for hydroxylation is 1. The molecular weight excluding hydrogens is 430 g/mol. The van der Waals surface area contributed by atoms with Gasteiger partial charge >= 0.3 is 0 Å². The van der Waals surface area contributed by atoms with E-state index in [2.05, 4.69) is 53.3 Å². The standard InChI is InChI=1S/C31H39N3O/c1-3-5-7-9-11-26-12-16-28(17-13-26)32-25-27-14-18-29(19-15-27)33-34-30-20-22-31(23-21-30)35-24-10-8-6-4-2/h12-23,25H,3-11,24H2,1-2H3. The zero-order chi connectivity index (χ0) is 24.6. The molecule has 0 amide bonds. The van der Waals surface area contributed by atoms with Crippen LogP contribution in [0.15, 0.2) is 88.0 Å². The molecule has 0 saturated carbocycles. The summed E-state index contributed by atoms with van der Waals surface area (Å²) in [6, 6.07) is 24.3. The second kappa shape index (κ2) is 15.6. The smallest absolute Gasteiger partial charge is 0.119 e. The molecular formula is C31H39N3O. The quantitative estimate of drug-likeness (QED) is 0.124. The first kappa shape index (κ1) is 26.3. The second-order valence-corrected chi connectivity index (χ2v) is 8.93. The predicted molar refractivity (Wildman–Crippen MR) is 148 cm³/mol. The molecule has 0 N–H and O–H groups in total. The van der Waals surface area contributed by atoms with Crippen LogP contribution in [0.4, 0.5) is 17.1 Å². The van der Waals surface area contributed by atoms with Gasteiger partial charge in [-0.2, -0.15) is 10.2 Å². The lowest BCUT2D eigenvalue weighted by Crippen LogP contribution is -1.96. The first-order valence-corrected chi connectivity index (χ1v) is 13.1. The van der Waals surface area contributed by atoms with Gasteiger partial charge in [-0.25, -0.2) is 0 Å². The van der Waals surface area contributed by atoms with Crippen LogP contribution in [0.25, 0.3) is 0 Å². The summed E-state index contributed by atoms with van der Waals surface area (Å²) in [7, 11) is 0. The Morgan fingerprint density at radius 1 is 0.600 bits per heavy atom. The van der Waals surface area contributed by atoms with Gasteiger partial charge in [0.05, 0.1) is 23.7 Å². The minimum absolute atomic E-state index is 0.765. The molecule has 0 bridgehead atoms. The van der Waals surface area contributed by atoms with E-state index in [0.29, 0.717) is 0 Å². The maximum atomic E-state index is 5.78. The molecule has 0 radical (unpaired) electrons. The van der Waals surface area contributed by atoms with Crippen molar-refractivity contribution in [3.05, 3.63) is 83.9 Å². The lowest BCUT2D eigenvalue weighted by molar-refractivity contribution is 0.305. The minimum atomic E-state index is 0.765. The SMILES string of the molecule is CCCCCCOc1ccc(N=Nc2ccc(C=Nc3ccc(CCCCCC)cc3)cc2)cc1. The van der Waals surface area contributed by atoms with Crippen molar-refractivity contribution in [3.8, 4) is 5.75 Å². The third-order valence-electron chi connectivity index (χ3n) is 5.90. The molecule has 0 fully saturated rings. The van der Waals surface area contributed by atoms with E-state index in [-0.39, 0.29) is 0 Å². The molecule has 0 atom stereocenters. The highest BCUT2D eigenvalue weighted by atomic mass is 16.5. The fourth-order valence-corrected chi connectivity index (χ4v) is 3.72. The maximum Gasteiger partial charge on any atom is 0.119 e. The largest absolute Gasteiger partial charge is 0.494 e. The molecule has 4 heteroatoms. The zero-order valence-electron chi connectivity index (χ0n) is 21.3. The fraction of sp³-hybridized carbons (Fsp3) is 0.387. The fourth-order valence-electron chi connectivity index (χ4n) is 3.72. The van der Waals surface area contributed by atoms with Crippen molar-refractivity contribution >= 4 is 23.3 Å². The zero-order valence-corrected chi connectivity index (χ0v) is 21.3. The van der Waals surface area contributed by atoms with Crippen molar-refractivity contribution in [2.75, 3.05) is 6.61 Å². The highest BCUT2D eigenvalue weighted by molar-refractivity contribution is 5.82. The van der Waals surface area contributed by atoms with E-state index in [0.717, 1.165) is 47.8 Å². The summed E-state index contributed by atoms with van der Waals surface area (Å²) in [5.74, 6) is 0.880. The van der Waals surface area contributed by atoms with Gasteiger partial charge in [0, 0.05) is 6.21 Å². The maximum absolute atomic E-state index is 5.78. The number of benzene rings is 3. The van der Waals surface area contributed by atoms with Crippen LogP contribution in [0.5, 0.6) is 5.75 Å². The second-order valence-electron chi connectivity index (χ2n) is 8.93. The topological polar surface area (TPSA) is 46.3 Å². The number of azo groups is 1. The molecule has 0 spiro atoms. The van der Waals surface area contributed by atoms with Gasteiger partial charge < -0.3 is 4.74 Å². The molecule has 0 aliphatic rings. The van der Waals surface area contributed by atoms with Gasteiger partial charge in [0.2, 0.25) is 0 Å². The summed E-state index contributed by atoms with van der Waals surface area (Å²) in [5.41, 5.74) is 5.01. The van der Waals surface area contributed by atoms with Crippen LogP contribution in [0.1, 0.15) is 76.3 Å². The Hall–Kier alpha value is -3.27. The molecule has 184 valence electrons. The van der Waals surface area contributed by atoms with Crippen LogP contribution < -0.4 is 4.74 Å². The lowest BCUT2D eigenvalue weighted by atomic mass is 10.1. The molecule has 0 aliphatic heterocycles. The lowest BCUT2D eigenvalue weighted by Gasteiger charge is -2.05. The molecule has 0 aromatic heterocycles. The van der Waals surface area contributed by atoms with E-state index in [1.165, 1.54) is 50.5 Å². The summed E-state index contributed by atoms with van der Waals surface area (Å²) in [4.78, 5) is 4.60. The predicted octanol–water partition coefficient (Wildman–Crippen LogP) is 9.93. The van der Waals surface area contributed by atoms with E-state index in [9.17, 15) is 0 Å². The van der Waals surface area contributed by atoms with Crippen LogP contribution in [0, 0.1) is 0 Å². The third kappa shape index (κ3) is 10.3. The van der Waals surface area contributed by atoms with Gasteiger partial charge in [-0.05, 0) is 78.9 Å². The highest BCUT2D eigenvalue weighted by Crippen LogP contribution is 2.22. The number of rotatable bonds is 15. The Kier molecular flexibility index (Phi) is 11.7. The normalized spacial score (nSPS) is 11.5. The van der Waals surface area contributed by atoms with E-state index in [4.69, 9.17) is 4.74 Å². The Balaban J connectivity index is 1.45. The van der Waals surface area contributed by atoms with E-state index < -0.39 is 0 Å². The summed E-state index contributed by atoms with van der Waals surface area (Å²) in [6.45, 7) is 5.23. The molecule has 0 heterocycles. The molecule has 3 rings (SSSR count). The summed E-state index contributed by atoms with van der Waals surface area (Å²) >= 11 is 0.